The standard InChI is InChI=1S/C56H38N2/c1-4-16-41(17-5-1)55-49-24-10-11-25-50(49)56(42-18-6-2-7-19-42)52-38-46(36-37-51(52)55)57(43-20-8-3-9-21-43)44-32-28-39(29-33-44)40-30-34-45(35-31-40)58-53-26-14-12-22-47(53)48-23-13-15-27-54(48)58/h1-38H. The molecule has 0 atom stereocenters. The first-order chi connectivity index (χ1) is 28.8. The van der Waals surface area contributed by atoms with Gasteiger partial charge in [-0.05, 0) is 116 Å². The monoisotopic (exact) mass is 738 g/mol. The highest BCUT2D eigenvalue weighted by Crippen LogP contribution is 2.46. The number of para-hydroxylation sites is 3. The number of anilines is 3. The molecular formula is C56H38N2. The molecule has 0 amide bonds. The SMILES string of the molecule is c1ccc(-c2c3ccccc3c(-c3ccccc3)c3cc(N(c4ccccc4)c4ccc(-c5ccc(-n6c7ccccc7c7ccccc76)cc5)cc4)ccc23)cc1. The molecular weight excluding hydrogens is 701 g/mol. The average Bonchev–Trinajstić information content (AvgIpc) is 3.64. The van der Waals surface area contributed by atoms with Crippen molar-refractivity contribution >= 4 is 60.4 Å². The Morgan fingerprint density at radius 1 is 0.259 bits per heavy atom. The number of hydrogen-bond acceptors (Lipinski definition) is 1. The van der Waals surface area contributed by atoms with Crippen LogP contribution in [-0.4, -0.2) is 4.57 Å². The molecule has 0 N–H and O–H groups in total. The van der Waals surface area contributed by atoms with Gasteiger partial charge in [-0.1, -0.05) is 170 Å². The van der Waals surface area contributed by atoms with E-state index in [0.717, 1.165) is 22.7 Å². The third-order valence-electron chi connectivity index (χ3n) is 11.6. The van der Waals surface area contributed by atoms with E-state index in [4.69, 9.17) is 0 Å². The second-order valence-corrected chi connectivity index (χ2v) is 14.9. The fourth-order valence-corrected chi connectivity index (χ4v) is 8.97. The van der Waals surface area contributed by atoms with Crippen LogP contribution in [0.5, 0.6) is 0 Å². The molecule has 0 saturated carbocycles. The molecule has 0 unspecified atom stereocenters. The summed E-state index contributed by atoms with van der Waals surface area (Å²) in [6.45, 7) is 0. The minimum atomic E-state index is 1.10. The first-order valence-corrected chi connectivity index (χ1v) is 19.9. The third kappa shape index (κ3) is 5.66. The van der Waals surface area contributed by atoms with Crippen molar-refractivity contribution in [1.82, 2.24) is 4.57 Å². The summed E-state index contributed by atoms with van der Waals surface area (Å²) in [6, 6.07) is 83.6. The lowest BCUT2D eigenvalue weighted by atomic mass is 9.85. The Labute approximate surface area is 338 Å². The van der Waals surface area contributed by atoms with E-state index >= 15 is 0 Å². The highest BCUT2D eigenvalue weighted by atomic mass is 15.1. The second-order valence-electron chi connectivity index (χ2n) is 14.9. The molecule has 1 heterocycles. The normalized spacial score (nSPS) is 11.4. The fourth-order valence-electron chi connectivity index (χ4n) is 8.97. The number of benzene rings is 10. The second kappa shape index (κ2) is 14.1. The first-order valence-electron chi connectivity index (χ1n) is 19.9. The van der Waals surface area contributed by atoms with Crippen LogP contribution in [0.25, 0.3) is 82.4 Å². The van der Waals surface area contributed by atoms with Crippen LogP contribution in [0.2, 0.25) is 0 Å². The van der Waals surface area contributed by atoms with Gasteiger partial charge in [0.15, 0.2) is 0 Å². The molecule has 58 heavy (non-hydrogen) atoms. The molecule has 0 bridgehead atoms. The van der Waals surface area contributed by atoms with Crippen molar-refractivity contribution in [3.8, 4) is 39.1 Å². The minimum absolute atomic E-state index is 1.10. The van der Waals surface area contributed by atoms with Crippen LogP contribution in [0.4, 0.5) is 17.1 Å². The molecule has 0 saturated heterocycles. The Hall–Kier alpha value is -7.68. The van der Waals surface area contributed by atoms with E-state index in [9.17, 15) is 0 Å². The van der Waals surface area contributed by atoms with Crippen LogP contribution in [0, 0.1) is 0 Å². The summed E-state index contributed by atoms with van der Waals surface area (Å²) in [4.78, 5) is 2.38. The molecule has 272 valence electrons. The zero-order chi connectivity index (χ0) is 38.4. The summed E-state index contributed by atoms with van der Waals surface area (Å²) in [5.74, 6) is 0. The molecule has 11 aromatic rings. The van der Waals surface area contributed by atoms with Crippen LogP contribution in [0.3, 0.4) is 0 Å². The van der Waals surface area contributed by atoms with Gasteiger partial charge in [0.2, 0.25) is 0 Å². The maximum atomic E-state index is 2.39. The van der Waals surface area contributed by atoms with Gasteiger partial charge in [-0.2, -0.15) is 0 Å². The summed E-state index contributed by atoms with van der Waals surface area (Å²) in [7, 11) is 0. The van der Waals surface area contributed by atoms with Gasteiger partial charge in [-0.3, -0.25) is 0 Å². The van der Waals surface area contributed by atoms with E-state index in [-0.39, 0.29) is 0 Å². The summed E-state index contributed by atoms with van der Waals surface area (Å²) in [6.07, 6.45) is 0. The quantitative estimate of drug-likeness (QED) is 0.148. The molecule has 10 aromatic carbocycles. The lowest BCUT2D eigenvalue weighted by Gasteiger charge is -2.27. The zero-order valence-electron chi connectivity index (χ0n) is 31.8. The summed E-state index contributed by atoms with van der Waals surface area (Å²) in [5.41, 5.74) is 14.2. The van der Waals surface area contributed by atoms with Gasteiger partial charge in [-0.25, -0.2) is 0 Å². The average molecular weight is 739 g/mol. The Morgan fingerprint density at radius 2 is 0.655 bits per heavy atom. The Morgan fingerprint density at radius 3 is 1.21 bits per heavy atom. The van der Waals surface area contributed by atoms with Gasteiger partial charge in [0.25, 0.3) is 0 Å². The lowest BCUT2D eigenvalue weighted by Crippen LogP contribution is -2.10. The van der Waals surface area contributed by atoms with Crippen molar-refractivity contribution < 1.29 is 0 Å². The van der Waals surface area contributed by atoms with E-state index in [1.54, 1.807) is 0 Å². The molecule has 0 spiro atoms. The highest BCUT2D eigenvalue weighted by molar-refractivity contribution is 6.22. The van der Waals surface area contributed by atoms with Crippen molar-refractivity contribution in [2.45, 2.75) is 0 Å². The zero-order valence-corrected chi connectivity index (χ0v) is 31.8. The minimum Gasteiger partial charge on any atom is -0.310 e. The number of aromatic nitrogens is 1. The molecule has 0 aliphatic heterocycles. The molecule has 0 radical (unpaired) electrons. The van der Waals surface area contributed by atoms with Gasteiger partial charge >= 0.3 is 0 Å². The molecule has 2 nitrogen and oxygen atoms in total. The highest BCUT2D eigenvalue weighted by Gasteiger charge is 2.20. The molecule has 0 fully saturated rings. The van der Waals surface area contributed by atoms with Gasteiger partial charge in [0.05, 0.1) is 11.0 Å². The predicted octanol–water partition coefficient (Wildman–Crippen LogP) is 15.6. The van der Waals surface area contributed by atoms with Crippen LogP contribution in [0.15, 0.2) is 231 Å². The summed E-state index contributed by atoms with van der Waals surface area (Å²) in [5, 5.41) is 7.51. The number of nitrogens with zero attached hydrogens (tertiary/aromatic N) is 2. The van der Waals surface area contributed by atoms with Gasteiger partial charge < -0.3 is 9.47 Å². The third-order valence-corrected chi connectivity index (χ3v) is 11.6. The molecule has 0 aliphatic carbocycles. The van der Waals surface area contributed by atoms with Gasteiger partial charge in [-0.15, -0.1) is 0 Å². The fraction of sp³-hybridized carbons (Fsp3) is 0. The Balaban J connectivity index is 1.03. The number of fused-ring (bicyclic) bond motifs is 5. The van der Waals surface area contributed by atoms with Crippen molar-refractivity contribution in [1.29, 1.82) is 0 Å². The lowest BCUT2D eigenvalue weighted by molar-refractivity contribution is 1.18. The van der Waals surface area contributed by atoms with E-state index in [2.05, 4.69) is 240 Å². The smallest absolute Gasteiger partial charge is 0.0541 e. The van der Waals surface area contributed by atoms with Crippen molar-refractivity contribution in [2.75, 3.05) is 4.90 Å². The maximum Gasteiger partial charge on any atom is 0.0541 e. The Bertz CT molecular complexity index is 3180. The van der Waals surface area contributed by atoms with Gasteiger partial charge in [0.1, 0.15) is 0 Å². The first kappa shape index (κ1) is 33.6. The summed E-state index contributed by atoms with van der Waals surface area (Å²) >= 11 is 0. The molecule has 2 heteroatoms. The van der Waals surface area contributed by atoms with Crippen LogP contribution >= 0.6 is 0 Å². The van der Waals surface area contributed by atoms with E-state index in [0.29, 0.717) is 0 Å². The van der Waals surface area contributed by atoms with Crippen LogP contribution in [0.1, 0.15) is 0 Å². The van der Waals surface area contributed by atoms with Crippen LogP contribution < -0.4 is 4.90 Å². The van der Waals surface area contributed by atoms with Crippen LogP contribution in [-0.2, 0) is 0 Å². The molecule has 11 rings (SSSR count). The van der Waals surface area contributed by atoms with Gasteiger partial charge in [0, 0.05) is 33.5 Å². The number of hydrogen-bond donors (Lipinski definition) is 0. The predicted molar refractivity (Wildman–Crippen MR) is 247 cm³/mol. The van der Waals surface area contributed by atoms with E-state index in [1.165, 1.54) is 76.7 Å². The molecule has 0 aliphatic rings. The van der Waals surface area contributed by atoms with E-state index in [1.807, 2.05) is 0 Å². The van der Waals surface area contributed by atoms with Crippen molar-refractivity contribution in [3.63, 3.8) is 0 Å². The van der Waals surface area contributed by atoms with Crippen molar-refractivity contribution in [2.24, 2.45) is 0 Å². The summed E-state index contributed by atoms with van der Waals surface area (Å²) < 4.78 is 2.37. The largest absolute Gasteiger partial charge is 0.310 e. The van der Waals surface area contributed by atoms with E-state index < -0.39 is 0 Å². The topological polar surface area (TPSA) is 8.17 Å². The van der Waals surface area contributed by atoms with Crippen molar-refractivity contribution in [3.05, 3.63) is 231 Å². The number of rotatable bonds is 7. The molecule has 1 aromatic heterocycles. The Kier molecular flexibility index (Phi) is 8.19. The maximum absolute atomic E-state index is 2.39.